The smallest absolute Gasteiger partial charge is 0.414 e. The molecule has 1 aromatic heterocycles. The molecule has 0 radical (unpaired) electrons. The number of carbonyl (C=O) groups excluding carboxylic acids is 3. The van der Waals surface area contributed by atoms with Gasteiger partial charge >= 0.3 is 6.09 Å². The Hall–Kier alpha value is -2.72. The zero-order valence-corrected chi connectivity index (χ0v) is 19.8. The highest BCUT2D eigenvalue weighted by Crippen LogP contribution is 2.38. The number of aryl methyl sites for hydroxylation is 1. The monoisotopic (exact) mass is 478 g/mol. The van der Waals surface area contributed by atoms with Crippen molar-refractivity contribution < 1.29 is 27.5 Å². The number of alkyl carbamates (subject to hydrolysis) is 1. The number of benzene rings is 1. The molecule has 0 bridgehead atoms. The van der Waals surface area contributed by atoms with Crippen LogP contribution in [0.15, 0.2) is 29.2 Å². The third-order valence-electron chi connectivity index (χ3n) is 5.18. The van der Waals surface area contributed by atoms with Crippen LogP contribution in [0.4, 0.5) is 9.80 Å². The van der Waals surface area contributed by atoms with Crippen molar-refractivity contribution in [2.45, 2.75) is 56.6 Å². The van der Waals surface area contributed by atoms with Gasteiger partial charge in [-0.05, 0) is 76.3 Å². The van der Waals surface area contributed by atoms with Gasteiger partial charge < -0.3 is 10.1 Å². The fraction of sp³-hybridized carbons (Fsp3) is 0.409. The fourth-order valence-electron chi connectivity index (χ4n) is 3.46. The van der Waals surface area contributed by atoms with Crippen molar-refractivity contribution in [3.8, 4) is 0 Å². The fourth-order valence-corrected chi connectivity index (χ4v) is 5.80. The molecule has 32 heavy (non-hydrogen) atoms. The third kappa shape index (κ3) is 5.02. The summed E-state index contributed by atoms with van der Waals surface area (Å²) in [4.78, 5) is 38.5. The van der Waals surface area contributed by atoms with Crippen LogP contribution in [-0.4, -0.2) is 38.2 Å². The summed E-state index contributed by atoms with van der Waals surface area (Å²) in [5.41, 5.74) is 1.39. The predicted molar refractivity (Wildman–Crippen MR) is 122 cm³/mol. The summed E-state index contributed by atoms with van der Waals surface area (Å²) in [6.45, 7) is 4.96. The van der Waals surface area contributed by atoms with Crippen molar-refractivity contribution in [2.75, 3.05) is 11.9 Å². The topological polar surface area (TPSA) is 119 Å². The van der Waals surface area contributed by atoms with E-state index in [9.17, 15) is 22.8 Å². The van der Waals surface area contributed by atoms with E-state index in [1.807, 2.05) is 0 Å². The zero-order valence-electron chi connectivity index (χ0n) is 18.2. The van der Waals surface area contributed by atoms with Crippen LogP contribution in [0, 0.1) is 0 Å². The van der Waals surface area contributed by atoms with Gasteiger partial charge in [-0.25, -0.2) is 13.2 Å². The lowest BCUT2D eigenvalue weighted by Gasteiger charge is -2.13. The molecule has 1 heterocycles. The molecule has 0 aliphatic heterocycles. The predicted octanol–water partition coefficient (Wildman–Crippen LogP) is 3.95. The Morgan fingerprint density at radius 3 is 2.34 bits per heavy atom. The number of ether oxygens (including phenoxy) is 1. The van der Waals surface area contributed by atoms with E-state index >= 15 is 0 Å². The molecule has 1 aliphatic carbocycles. The number of nitrogens with one attached hydrogen (secondary N) is 2. The molecule has 2 aromatic rings. The highest BCUT2D eigenvalue weighted by molar-refractivity contribution is 7.92. The molecule has 0 spiro atoms. The van der Waals surface area contributed by atoms with Crippen molar-refractivity contribution in [3.05, 3.63) is 45.8 Å². The van der Waals surface area contributed by atoms with Crippen LogP contribution in [-0.2, 0) is 27.4 Å². The number of thiophene rings is 1. The molecular formula is C22H26N2O6S2. The number of anilines is 1. The van der Waals surface area contributed by atoms with Crippen molar-refractivity contribution in [1.82, 2.24) is 5.32 Å². The van der Waals surface area contributed by atoms with E-state index in [1.54, 1.807) is 20.8 Å². The van der Waals surface area contributed by atoms with Crippen molar-refractivity contribution in [2.24, 2.45) is 0 Å². The number of fused-ring (bicyclic) bond motifs is 1. The van der Waals surface area contributed by atoms with Crippen LogP contribution in [0.3, 0.4) is 0 Å². The Morgan fingerprint density at radius 2 is 1.72 bits per heavy atom. The van der Waals surface area contributed by atoms with Crippen LogP contribution in [0.2, 0.25) is 0 Å². The van der Waals surface area contributed by atoms with Crippen LogP contribution in [0.25, 0.3) is 0 Å². The number of carbonyl (C=O) groups is 3. The third-order valence-corrected chi connectivity index (χ3v) is 8.56. The number of imide groups is 1. The first kappa shape index (κ1) is 23.9. The van der Waals surface area contributed by atoms with Crippen molar-refractivity contribution in [1.29, 1.82) is 0 Å². The molecule has 172 valence electrons. The molecule has 10 heteroatoms. The van der Waals surface area contributed by atoms with E-state index in [-0.39, 0.29) is 22.6 Å². The second-order valence-electron chi connectivity index (χ2n) is 7.66. The molecule has 2 N–H and O–H groups in total. The van der Waals surface area contributed by atoms with E-state index in [0.29, 0.717) is 11.4 Å². The maximum atomic E-state index is 12.8. The molecular weight excluding hydrogens is 452 g/mol. The average Bonchev–Trinajstić information content (AvgIpc) is 3.11. The Balaban J connectivity index is 1.87. The van der Waals surface area contributed by atoms with E-state index < -0.39 is 33.0 Å². The van der Waals surface area contributed by atoms with Gasteiger partial charge in [-0.2, -0.15) is 0 Å². The largest absolute Gasteiger partial charge is 0.450 e. The minimum absolute atomic E-state index is 0.132. The van der Waals surface area contributed by atoms with E-state index in [1.165, 1.54) is 35.6 Å². The second-order valence-corrected chi connectivity index (χ2v) is 11.3. The summed E-state index contributed by atoms with van der Waals surface area (Å²) in [6, 6.07) is 5.68. The zero-order chi connectivity index (χ0) is 23.5. The average molecular weight is 479 g/mol. The van der Waals surface area contributed by atoms with Crippen LogP contribution in [0.5, 0.6) is 0 Å². The molecule has 0 atom stereocenters. The molecule has 3 rings (SSSR count). The van der Waals surface area contributed by atoms with Gasteiger partial charge in [0.1, 0.15) is 5.00 Å². The first-order valence-electron chi connectivity index (χ1n) is 10.4. The van der Waals surface area contributed by atoms with Gasteiger partial charge in [0.05, 0.1) is 22.3 Å². The van der Waals surface area contributed by atoms with Gasteiger partial charge in [-0.15, -0.1) is 11.3 Å². The van der Waals surface area contributed by atoms with Gasteiger partial charge in [0.15, 0.2) is 9.84 Å². The normalized spacial score (nSPS) is 13.4. The van der Waals surface area contributed by atoms with Crippen molar-refractivity contribution >= 4 is 44.1 Å². The minimum Gasteiger partial charge on any atom is -0.450 e. The number of sulfone groups is 1. The Kier molecular flexibility index (Phi) is 7.35. The standard InChI is InChI=1S/C22H26N2O6S2/c1-4-30-22(27)24-20(26)18-16-7-5-6-8-17(16)31-21(18)23-19(25)14-9-11-15(12-10-14)32(28,29)13(2)3/h9-13H,4-8H2,1-3H3,(H,23,25)(H,24,26,27). The number of hydrogen-bond acceptors (Lipinski definition) is 7. The minimum atomic E-state index is -3.44. The summed E-state index contributed by atoms with van der Waals surface area (Å²) in [5, 5.41) is 4.77. The second kappa shape index (κ2) is 9.83. The lowest BCUT2D eigenvalue weighted by Crippen LogP contribution is -2.32. The van der Waals surface area contributed by atoms with Gasteiger partial charge in [0, 0.05) is 10.4 Å². The Labute approximate surface area is 191 Å². The summed E-state index contributed by atoms with van der Waals surface area (Å²) < 4.78 is 29.4. The summed E-state index contributed by atoms with van der Waals surface area (Å²) in [6.07, 6.45) is 2.56. The molecule has 0 unspecified atom stereocenters. The Morgan fingerprint density at radius 1 is 1.06 bits per heavy atom. The SMILES string of the molecule is CCOC(=O)NC(=O)c1c(NC(=O)c2ccc(S(=O)(=O)C(C)C)cc2)sc2c1CCCC2. The lowest BCUT2D eigenvalue weighted by molar-refractivity contribution is 0.0925. The summed E-state index contributed by atoms with van der Waals surface area (Å²) in [5.74, 6) is -1.08. The molecule has 0 saturated carbocycles. The molecule has 0 saturated heterocycles. The first-order chi connectivity index (χ1) is 15.1. The van der Waals surface area contributed by atoms with Crippen LogP contribution in [0.1, 0.15) is 64.8 Å². The maximum absolute atomic E-state index is 12.8. The number of hydrogen-bond donors (Lipinski definition) is 2. The molecule has 0 fully saturated rings. The van der Waals surface area contributed by atoms with E-state index in [4.69, 9.17) is 4.74 Å². The number of rotatable bonds is 6. The quantitative estimate of drug-likeness (QED) is 0.649. The highest BCUT2D eigenvalue weighted by Gasteiger charge is 2.28. The summed E-state index contributed by atoms with van der Waals surface area (Å²) in [7, 11) is -3.44. The maximum Gasteiger partial charge on any atom is 0.414 e. The van der Waals surface area contributed by atoms with Gasteiger partial charge in [-0.3, -0.25) is 14.9 Å². The van der Waals surface area contributed by atoms with E-state index in [0.717, 1.165) is 29.7 Å². The highest BCUT2D eigenvalue weighted by atomic mass is 32.2. The van der Waals surface area contributed by atoms with E-state index in [2.05, 4.69) is 10.6 Å². The van der Waals surface area contributed by atoms with Crippen LogP contribution >= 0.6 is 11.3 Å². The number of amides is 3. The van der Waals surface area contributed by atoms with Crippen LogP contribution < -0.4 is 10.6 Å². The van der Waals surface area contributed by atoms with Crippen molar-refractivity contribution in [3.63, 3.8) is 0 Å². The van der Waals surface area contributed by atoms with Gasteiger partial charge in [-0.1, -0.05) is 0 Å². The Bertz CT molecular complexity index is 1130. The van der Waals surface area contributed by atoms with Gasteiger partial charge in [0.2, 0.25) is 0 Å². The lowest BCUT2D eigenvalue weighted by atomic mass is 9.95. The van der Waals surface area contributed by atoms with Gasteiger partial charge in [0.25, 0.3) is 11.8 Å². The summed E-state index contributed by atoms with van der Waals surface area (Å²) >= 11 is 1.32. The molecule has 3 amide bonds. The first-order valence-corrected chi connectivity index (χ1v) is 12.8. The molecule has 1 aliphatic rings. The molecule has 8 nitrogen and oxygen atoms in total. The molecule has 1 aromatic carbocycles.